The quantitative estimate of drug-likeness (QED) is 0.401. The molecule has 0 aliphatic heterocycles. The number of esters is 1. The highest BCUT2D eigenvalue weighted by molar-refractivity contribution is 6.29. The molecule has 0 saturated carbocycles. The van der Waals surface area contributed by atoms with Crippen LogP contribution in [0, 0.1) is 0 Å². The van der Waals surface area contributed by atoms with Gasteiger partial charge in [0.1, 0.15) is 5.15 Å². The van der Waals surface area contributed by atoms with Crippen molar-refractivity contribution in [1.29, 1.82) is 0 Å². The lowest BCUT2D eigenvalue weighted by atomic mass is 10.1. The molecule has 8 heteroatoms. The van der Waals surface area contributed by atoms with Gasteiger partial charge in [-0.25, -0.2) is 9.78 Å². The number of hydrogen-bond acceptors (Lipinski definition) is 7. The molecular formula is C18H11ClN4O3. The summed E-state index contributed by atoms with van der Waals surface area (Å²) in [6.45, 7) is -0.122. The number of carbonyl (C=O) groups is 1. The molecule has 4 rings (SSSR count). The van der Waals surface area contributed by atoms with Crippen LogP contribution < -0.4 is 0 Å². The Bertz CT molecular complexity index is 1080. The average molecular weight is 367 g/mol. The van der Waals surface area contributed by atoms with Gasteiger partial charge in [0, 0.05) is 23.3 Å². The number of benzene rings is 1. The van der Waals surface area contributed by atoms with Gasteiger partial charge in [-0.15, -0.1) is 0 Å². The van der Waals surface area contributed by atoms with Gasteiger partial charge in [-0.05, 0) is 42.5 Å². The summed E-state index contributed by atoms with van der Waals surface area (Å²) in [6.07, 6.45) is 3.27. The number of hydrogen-bond donors (Lipinski definition) is 0. The van der Waals surface area contributed by atoms with Crippen LogP contribution in [-0.2, 0) is 11.3 Å². The maximum absolute atomic E-state index is 12.2. The van der Waals surface area contributed by atoms with Crippen LogP contribution in [0.1, 0.15) is 16.2 Å². The zero-order valence-electron chi connectivity index (χ0n) is 13.3. The minimum Gasteiger partial charge on any atom is -0.452 e. The normalized spacial score (nSPS) is 10.8. The molecule has 26 heavy (non-hydrogen) atoms. The Labute approximate surface area is 152 Å². The van der Waals surface area contributed by atoms with E-state index in [0.29, 0.717) is 22.1 Å². The molecule has 0 fully saturated rings. The van der Waals surface area contributed by atoms with Crippen molar-refractivity contribution in [1.82, 2.24) is 20.1 Å². The molecule has 0 unspecified atom stereocenters. The zero-order valence-corrected chi connectivity index (χ0v) is 14.1. The summed E-state index contributed by atoms with van der Waals surface area (Å²) in [7, 11) is 0. The monoisotopic (exact) mass is 366 g/mol. The highest BCUT2D eigenvalue weighted by Crippen LogP contribution is 2.18. The van der Waals surface area contributed by atoms with E-state index < -0.39 is 5.97 Å². The van der Waals surface area contributed by atoms with E-state index in [9.17, 15) is 4.79 Å². The first-order valence-electron chi connectivity index (χ1n) is 7.65. The summed E-state index contributed by atoms with van der Waals surface area (Å²) in [6, 6.07) is 12.1. The van der Waals surface area contributed by atoms with Crippen LogP contribution in [0.25, 0.3) is 22.3 Å². The molecule has 0 N–H and O–H groups in total. The molecule has 4 aromatic rings. The van der Waals surface area contributed by atoms with Crippen LogP contribution in [0.2, 0.25) is 5.15 Å². The summed E-state index contributed by atoms with van der Waals surface area (Å²) in [5.74, 6) is 0.0900. The second-order valence-corrected chi connectivity index (χ2v) is 5.76. The number of pyridine rings is 2. The fourth-order valence-corrected chi connectivity index (χ4v) is 2.52. The molecule has 0 aliphatic rings. The third-order valence-corrected chi connectivity index (χ3v) is 3.82. The lowest BCUT2D eigenvalue weighted by Crippen LogP contribution is -2.05. The van der Waals surface area contributed by atoms with Gasteiger partial charge in [-0.3, -0.25) is 4.98 Å². The van der Waals surface area contributed by atoms with E-state index in [0.717, 1.165) is 10.9 Å². The third-order valence-electron chi connectivity index (χ3n) is 3.61. The largest absolute Gasteiger partial charge is 0.452 e. The van der Waals surface area contributed by atoms with Crippen molar-refractivity contribution in [3.05, 3.63) is 71.5 Å². The number of nitrogens with zero attached hydrogens (tertiary/aromatic N) is 4. The fourth-order valence-electron chi connectivity index (χ4n) is 2.36. The maximum atomic E-state index is 12.2. The first-order valence-corrected chi connectivity index (χ1v) is 8.03. The van der Waals surface area contributed by atoms with E-state index in [1.165, 1.54) is 0 Å². The first kappa shape index (κ1) is 16.2. The molecule has 0 saturated heterocycles. The Balaban J connectivity index is 1.46. The molecule has 0 amide bonds. The summed E-state index contributed by atoms with van der Waals surface area (Å²) in [4.78, 5) is 24.6. The smallest absolute Gasteiger partial charge is 0.338 e. The van der Waals surface area contributed by atoms with E-state index in [4.69, 9.17) is 20.9 Å². The van der Waals surface area contributed by atoms with Crippen molar-refractivity contribution < 1.29 is 14.1 Å². The Morgan fingerprint density at radius 1 is 1.15 bits per heavy atom. The predicted molar refractivity (Wildman–Crippen MR) is 93.4 cm³/mol. The topological polar surface area (TPSA) is 91.0 Å². The summed E-state index contributed by atoms with van der Waals surface area (Å²) < 4.78 is 10.3. The van der Waals surface area contributed by atoms with Gasteiger partial charge in [-0.2, -0.15) is 4.98 Å². The van der Waals surface area contributed by atoms with Crippen LogP contribution >= 0.6 is 11.6 Å². The molecule has 0 aliphatic carbocycles. The molecular weight excluding hydrogens is 356 g/mol. The van der Waals surface area contributed by atoms with E-state index >= 15 is 0 Å². The summed E-state index contributed by atoms with van der Waals surface area (Å²) >= 11 is 5.85. The molecule has 0 spiro atoms. The van der Waals surface area contributed by atoms with E-state index in [2.05, 4.69) is 20.1 Å². The van der Waals surface area contributed by atoms with Gasteiger partial charge >= 0.3 is 5.97 Å². The zero-order chi connectivity index (χ0) is 17.9. The Hall–Kier alpha value is -3.32. The van der Waals surface area contributed by atoms with Crippen LogP contribution in [0.3, 0.4) is 0 Å². The van der Waals surface area contributed by atoms with Crippen molar-refractivity contribution in [2.45, 2.75) is 6.61 Å². The van der Waals surface area contributed by atoms with Crippen molar-refractivity contribution in [3.63, 3.8) is 0 Å². The van der Waals surface area contributed by atoms with Crippen molar-refractivity contribution in [2.24, 2.45) is 0 Å². The molecule has 0 bridgehead atoms. The minimum absolute atomic E-state index is 0.122. The van der Waals surface area contributed by atoms with Gasteiger partial charge in [-0.1, -0.05) is 16.8 Å². The SMILES string of the molecule is O=C(OCc1nc(-c2cccnc2)no1)c1ccc2nc(Cl)ccc2c1. The van der Waals surface area contributed by atoms with Gasteiger partial charge < -0.3 is 9.26 Å². The molecule has 3 heterocycles. The van der Waals surface area contributed by atoms with Crippen LogP contribution in [-0.4, -0.2) is 26.1 Å². The molecule has 7 nitrogen and oxygen atoms in total. The average Bonchev–Trinajstić information content (AvgIpc) is 3.15. The molecule has 128 valence electrons. The Kier molecular flexibility index (Phi) is 4.28. The number of fused-ring (bicyclic) bond motifs is 1. The summed E-state index contributed by atoms with van der Waals surface area (Å²) in [5, 5.41) is 5.04. The number of halogens is 1. The van der Waals surface area contributed by atoms with Gasteiger partial charge in [0.25, 0.3) is 5.89 Å². The van der Waals surface area contributed by atoms with Gasteiger partial charge in [0.15, 0.2) is 6.61 Å². The third kappa shape index (κ3) is 3.38. The lowest BCUT2D eigenvalue weighted by molar-refractivity contribution is 0.0430. The van der Waals surface area contributed by atoms with Gasteiger partial charge in [0.2, 0.25) is 5.82 Å². The highest BCUT2D eigenvalue weighted by Gasteiger charge is 2.13. The van der Waals surface area contributed by atoms with Crippen LogP contribution in [0.4, 0.5) is 0 Å². The van der Waals surface area contributed by atoms with E-state index in [-0.39, 0.29) is 12.5 Å². The first-order chi connectivity index (χ1) is 12.7. The highest BCUT2D eigenvalue weighted by atomic mass is 35.5. The van der Waals surface area contributed by atoms with E-state index in [1.54, 1.807) is 48.8 Å². The molecule has 1 aromatic carbocycles. The summed E-state index contributed by atoms with van der Waals surface area (Å²) in [5.41, 5.74) is 1.82. The second kappa shape index (κ2) is 6.89. The number of rotatable bonds is 4. The molecule has 0 radical (unpaired) electrons. The van der Waals surface area contributed by atoms with Crippen molar-refractivity contribution >= 4 is 28.5 Å². The fraction of sp³-hybridized carbons (Fsp3) is 0.0556. The number of aromatic nitrogens is 4. The van der Waals surface area contributed by atoms with Crippen LogP contribution in [0.5, 0.6) is 0 Å². The number of carbonyl (C=O) groups excluding carboxylic acids is 1. The second-order valence-electron chi connectivity index (χ2n) is 5.37. The van der Waals surface area contributed by atoms with Crippen LogP contribution in [0.15, 0.2) is 59.4 Å². The molecule has 0 atom stereocenters. The minimum atomic E-state index is -0.497. The van der Waals surface area contributed by atoms with Crippen molar-refractivity contribution in [2.75, 3.05) is 0 Å². The van der Waals surface area contributed by atoms with Gasteiger partial charge in [0.05, 0.1) is 11.1 Å². The number of ether oxygens (including phenoxy) is 1. The lowest BCUT2D eigenvalue weighted by Gasteiger charge is -2.03. The Morgan fingerprint density at radius 3 is 2.92 bits per heavy atom. The van der Waals surface area contributed by atoms with E-state index in [1.807, 2.05) is 6.07 Å². The predicted octanol–water partition coefficient (Wildman–Crippen LogP) is 3.69. The van der Waals surface area contributed by atoms with Crippen molar-refractivity contribution in [3.8, 4) is 11.4 Å². The standard InChI is InChI=1S/C18H11ClN4O3/c19-15-6-4-11-8-12(3-5-14(11)21-15)18(24)25-10-16-22-17(23-26-16)13-2-1-7-20-9-13/h1-9H,10H2. The maximum Gasteiger partial charge on any atom is 0.338 e. The molecule has 3 aromatic heterocycles. The Morgan fingerprint density at radius 2 is 2.08 bits per heavy atom.